The highest BCUT2D eigenvalue weighted by Crippen LogP contribution is 2.10. The van der Waals surface area contributed by atoms with E-state index in [4.69, 9.17) is 0 Å². The summed E-state index contributed by atoms with van der Waals surface area (Å²) in [6.07, 6.45) is 0. The molecule has 1 aromatic heterocycles. The Morgan fingerprint density at radius 2 is 2.00 bits per heavy atom. The standard InChI is InChI=1S/C13H13FN2/c1-10-4-2-7-13(16-10)9-15-12-6-3-5-11(14)8-12/h2-8,15H,9H2,1H3. The van der Waals surface area contributed by atoms with Gasteiger partial charge in [-0.15, -0.1) is 0 Å². The van der Waals surface area contributed by atoms with Gasteiger partial charge in [0.2, 0.25) is 0 Å². The predicted octanol–water partition coefficient (Wildman–Crippen LogP) is 3.14. The number of hydrogen-bond acceptors (Lipinski definition) is 2. The van der Waals surface area contributed by atoms with Crippen molar-refractivity contribution >= 4 is 5.69 Å². The van der Waals surface area contributed by atoms with Crippen molar-refractivity contribution in [3.63, 3.8) is 0 Å². The van der Waals surface area contributed by atoms with E-state index in [1.165, 1.54) is 12.1 Å². The number of hydrogen-bond donors (Lipinski definition) is 1. The van der Waals surface area contributed by atoms with Crippen molar-refractivity contribution < 1.29 is 4.39 Å². The number of anilines is 1. The third-order valence-corrected chi connectivity index (χ3v) is 2.24. The molecule has 1 N–H and O–H groups in total. The predicted molar refractivity (Wildman–Crippen MR) is 62.7 cm³/mol. The lowest BCUT2D eigenvalue weighted by Gasteiger charge is -2.06. The van der Waals surface area contributed by atoms with Crippen molar-refractivity contribution in [2.45, 2.75) is 13.5 Å². The average molecular weight is 216 g/mol. The Morgan fingerprint density at radius 3 is 2.75 bits per heavy atom. The molecule has 0 amide bonds. The van der Waals surface area contributed by atoms with Gasteiger partial charge in [0.1, 0.15) is 5.82 Å². The summed E-state index contributed by atoms with van der Waals surface area (Å²) >= 11 is 0. The van der Waals surface area contributed by atoms with Gasteiger partial charge in [0.15, 0.2) is 0 Å². The summed E-state index contributed by atoms with van der Waals surface area (Å²) in [7, 11) is 0. The van der Waals surface area contributed by atoms with Crippen LogP contribution in [0.2, 0.25) is 0 Å². The Balaban J connectivity index is 2.02. The van der Waals surface area contributed by atoms with E-state index in [-0.39, 0.29) is 5.82 Å². The Kier molecular flexibility index (Phi) is 3.15. The molecule has 0 bridgehead atoms. The Bertz CT molecular complexity index is 437. The largest absolute Gasteiger partial charge is 0.379 e. The molecule has 0 fully saturated rings. The molecule has 2 rings (SSSR count). The molecule has 0 unspecified atom stereocenters. The van der Waals surface area contributed by atoms with Crippen LogP contribution in [0.3, 0.4) is 0 Å². The van der Waals surface area contributed by atoms with Crippen LogP contribution < -0.4 is 5.32 Å². The minimum atomic E-state index is -0.234. The van der Waals surface area contributed by atoms with Gasteiger partial charge < -0.3 is 5.32 Å². The van der Waals surface area contributed by atoms with Crippen molar-refractivity contribution in [3.8, 4) is 0 Å². The molecule has 0 saturated carbocycles. The molecule has 0 radical (unpaired) electrons. The number of nitrogens with zero attached hydrogens (tertiary/aromatic N) is 1. The molecule has 3 heteroatoms. The van der Waals surface area contributed by atoms with Gasteiger partial charge in [-0.3, -0.25) is 4.98 Å². The van der Waals surface area contributed by atoms with Crippen LogP contribution in [0.4, 0.5) is 10.1 Å². The molecule has 0 aliphatic carbocycles. The second-order valence-corrected chi connectivity index (χ2v) is 3.63. The van der Waals surface area contributed by atoms with Gasteiger partial charge in [0, 0.05) is 11.4 Å². The SMILES string of the molecule is Cc1cccc(CNc2cccc(F)c2)n1. The maximum absolute atomic E-state index is 12.9. The Hall–Kier alpha value is -1.90. The molecule has 0 saturated heterocycles. The number of benzene rings is 1. The normalized spacial score (nSPS) is 10.1. The van der Waals surface area contributed by atoms with Gasteiger partial charge in [0.25, 0.3) is 0 Å². The maximum Gasteiger partial charge on any atom is 0.125 e. The summed E-state index contributed by atoms with van der Waals surface area (Å²) in [6.45, 7) is 2.55. The number of halogens is 1. The lowest BCUT2D eigenvalue weighted by Crippen LogP contribution is -2.02. The van der Waals surface area contributed by atoms with Crippen LogP contribution in [0.1, 0.15) is 11.4 Å². The van der Waals surface area contributed by atoms with Crippen LogP contribution in [0.5, 0.6) is 0 Å². The first-order chi connectivity index (χ1) is 7.74. The molecule has 2 nitrogen and oxygen atoms in total. The van der Waals surface area contributed by atoms with Crippen molar-refractivity contribution in [2.75, 3.05) is 5.32 Å². The van der Waals surface area contributed by atoms with Crippen LogP contribution in [0.15, 0.2) is 42.5 Å². The van der Waals surface area contributed by atoms with E-state index < -0.39 is 0 Å². The number of aromatic nitrogens is 1. The van der Waals surface area contributed by atoms with Gasteiger partial charge in [0.05, 0.1) is 12.2 Å². The Labute approximate surface area is 94.2 Å². The molecule has 0 aliphatic rings. The van der Waals surface area contributed by atoms with Gasteiger partial charge in [-0.25, -0.2) is 4.39 Å². The van der Waals surface area contributed by atoms with Crippen LogP contribution >= 0.6 is 0 Å². The zero-order valence-corrected chi connectivity index (χ0v) is 9.07. The molecule has 2 aromatic rings. The molecular weight excluding hydrogens is 203 g/mol. The lowest BCUT2D eigenvalue weighted by atomic mass is 10.3. The van der Waals surface area contributed by atoms with E-state index in [9.17, 15) is 4.39 Å². The molecule has 0 atom stereocenters. The summed E-state index contributed by atoms with van der Waals surface area (Å²) < 4.78 is 12.9. The maximum atomic E-state index is 12.9. The smallest absolute Gasteiger partial charge is 0.125 e. The van der Waals surface area contributed by atoms with Crippen molar-refractivity contribution in [3.05, 3.63) is 59.7 Å². The summed E-state index contributed by atoms with van der Waals surface area (Å²) in [5, 5.41) is 3.13. The third kappa shape index (κ3) is 2.79. The highest BCUT2D eigenvalue weighted by molar-refractivity contribution is 5.43. The fourth-order valence-corrected chi connectivity index (χ4v) is 1.49. The second-order valence-electron chi connectivity index (χ2n) is 3.63. The van der Waals surface area contributed by atoms with Crippen LogP contribution in [0, 0.1) is 12.7 Å². The number of rotatable bonds is 3. The van der Waals surface area contributed by atoms with E-state index >= 15 is 0 Å². The average Bonchev–Trinajstić information content (AvgIpc) is 2.27. The monoisotopic (exact) mass is 216 g/mol. The first-order valence-electron chi connectivity index (χ1n) is 5.16. The van der Waals surface area contributed by atoms with Crippen molar-refractivity contribution in [1.82, 2.24) is 4.98 Å². The molecule has 0 aliphatic heterocycles. The second kappa shape index (κ2) is 4.75. The molecule has 1 heterocycles. The van der Waals surface area contributed by atoms with E-state index in [0.717, 1.165) is 17.1 Å². The molecule has 0 spiro atoms. The van der Waals surface area contributed by atoms with Crippen LogP contribution in [-0.4, -0.2) is 4.98 Å². The fourth-order valence-electron chi connectivity index (χ4n) is 1.49. The summed E-state index contributed by atoms with van der Waals surface area (Å²) in [4.78, 5) is 4.35. The van der Waals surface area contributed by atoms with Gasteiger partial charge in [-0.1, -0.05) is 12.1 Å². The first kappa shape index (κ1) is 10.6. The van der Waals surface area contributed by atoms with E-state index in [2.05, 4.69) is 10.3 Å². The van der Waals surface area contributed by atoms with Crippen LogP contribution in [0.25, 0.3) is 0 Å². The summed E-state index contributed by atoms with van der Waals surface area (Å²) in [5.74, 6) is -0.234. The first-order valence-corrected chi connectivity index (χ1v) is 5.16. The lowest BCUT2D eigenvalue weighted by molar-refractivity contribution is 0.628. The van der Waals surface area contributed by atoms with E-state index in [0.29, 0.717) is 6.54 Å². The van der Waals surface area contributed by atoms with Crippen molar-refractivity contribution in [1.29, 1.82) is 0 Å². The van der Waals surface area contributed by atoms with E-state index in [1.807, 2.05) is 31.2 Å². The zero-order chi connectivity index (χ0) is 11.4. The zero-order valence-electron chi connectivity index (χ0n) is 9.07. The van der Waals surface area contributed by atoms with Gasteiger partial charge >= 0.3 is 0 Å². The minimum Gasteiger partial charge on any atom is -0.379 e. The third-order valence-electron chi connectivity index (χ3n) is 2.24. The molecule has 1 aromatic carbocycles. The summed E-state index contributed by atoms with van der Waals surface area (Å²) in [5.41, 5.74) is 2.70. The number of aryl methyl sites for hydroxylation is 1. The van der Waals surface area contributed by atoms with E-state index in [1.54, 1.807) is 6.07 Å². The number of nitrogens with one attached hydrogen (secondary N) is 1. The van der Waals surface area contributed by atoms with Gasteiger partial charge in [-0.05, 0) is 37.3 Å². The van der Waals surface area contributed by atoms with Gasteiger partial charge in [-0.2, -0.15) is 0 Å². The fraction of sp³-hybridized carbons (Fsp3) is 0.154. The van der Waals surface area contributed by atoms with Crippen molar-refractivity contribution in [2.24, 2.45) is 0 Å². The number of pyridine rings is 1. The Morgan fingerprint density at radius 1 is 1.19 bits per heavy atom. The highest BCUT2D eigenvalue weighted by Gasteiger charge is 1.96. The topological polar surface area (TPSA) is 24.9 Å². The molecule has 16 heavy (non-hydrogen) atoms. The highest BCUT2D eigenvalue weighted by atomic mass is 19.1. The minimum absolute atomic E-state index is 0.234. The quantitative estimate of drug-likeness (QED) is 0.852. The van der Waals surface area contributed by atoms with Crippen LogP contribution in [-0.2, 0) is 6.54 Å². The molecule has 82 valence electrons. The molecular formula is C13H13FN2. The summed E-state index contributed by atoms with van der Waals surface area (Å²) in [6, 6.07) is 12.3.